The summed E-state index contributed by atoms with van der Waals surface area (Å²) in [5.74, 6) is -1.41. The van der Waals surface area contributed by atoms with Crippen molar-refractivity contribution in [2.75, 3.05) is 39.6 Å². The van der Waals surface area contributed by atoms with Crippen molar-refractivity contribution in [2.45, 2.75) is 355 Å². The highest BCUT2D eigenvalue weighted by molar-refractivity contribution is 7.47. The van der Waals surface area contributed by atoms with Crippen molar-refractivity contribution in [3.05, 3.63) is 0 Å². The Morgan fingerprint density at radius 1 is 0.318 bits per heavy atom. The Kier molecular flexibility index (Phi) is 58.3. The first-order valence-corrected chi connectivity index (χ1v) is 37.6. The molecule has 0 aromatic carbocycles. The van der Waals surface area contributed by atoms with Gasteiger partial charge in [-0.1, -0.05) is 285 Å². The molecule has 0 spiro atoms. The molecular formula is C66H128O17P2. The maximum absolute atomic E-state index is 13.0. The highest BCUT2D eigenvalue weighted by Gasteiger charge is 2.30. The Balaban J connectivity index is 5.24. The van der Waals surface area contributed by atoms with Crippen LogP contribution in [-0.2, 0) is 65.4 Å². The molecule has 0 saturated carbocycles. The van der Waals surface area contributed by atoms with Crippen LogP contribution < -0.4 is 0 Å². The lowest BCUT2D eigenvalue weighted by atomic mass is 10.0. The topological polar surface area (TPSA) is 237 Å². The highest BCUT2D eigenvalue weighted by Crippen LogP contribution is 2.45. The summed E-state index contributed by atoms with van der Waals surface area (Å²) in [4.78, 5) is 72.3. The summed E-state index contributed by atoms with van der Waals surface area (Å²) in [5, 5.41) is 10.6. The Morgan fingerprint density at radius 2 is 0.541 bits per heavy atom. The number of unbranched alkanes of at least 4 members (excludes halogenated alkanes) is 38. The molecule has 17 nitrogen and oxygen atoms in total. The molecule has 504 valence electrons. The summed E-state index contributed by atoms with van der Waals surface area (Å²) in [6.07, 6.45) is 44.3. The van der Waals surface area contributed by atoms with Crippen molar-refractivity contribution in [3.63, 3.8) is 0 Å². The third-order valence-corrected chi connectivity index (χ3v) is 17.2. The molecular weight excluding hydrogens is 1130 g/mol. The highest BCUT2D eigenvalue weighted by atomic mass is 31.2. The van der Waals surface area contributed by atoms with Gasteiger partial charge in [0.25, 0.3) is 0 Å². The number of phosphoric acid groups is 2. The molecule has 0 saturated heterocycles. The fourth-order valence-electron chi connectivity index (χ4n) is 9.94. The van der Waals surface area contributed by atoms with Gasteiger partial charge < -0.3 is 33.8 Å². The van der Waals surface area contributed by atoms with E-state index >= 15 is 0 Å². The minimum atomic E-state index is -4.94. The summed E-state index contributed by atoms with van der Waals surface area (Å²) < 4.78 is 68.1. The van der Waals surface area contributed by atoms with Gasteiger partial charge in [-0.05, 0) is 31.6 Å². The number of rotatable bonds is 66. The minimum Gasteiger partial charge on any atom is -0.462 e. The monoisotopic (exact) mass is 1250 g/mol. The zero-order valence-electron chi connectivity index (χ0n) is 54.7. The van der Waals surface area contributed by atoms with E-state index in [2.05, 4.69) is 34.6 Å². The van der Waals surface area contributed by atoms with Crippen molar-refractivity contribution in [3.8, 4) is 0 Å². The average molecular weight is 1260 g/mol. The number of hydrogen-bond acceptors (Lipinski definition) is 15. The number of carbonyl (C=O) groups excluding carboxylic acids is 4. The molecule has 0 aromatic heterocycles. The first kappa shape index (κ1) is 83.1. The summed E-state index contributed by atoms with van der Waals surface area (Å²) in [7, 11) is -9.89. The molecule has 0 aromatic rings. The van der Waals surface area contributed by atoms with Gasteiger partial charge in [-0.15, -0.1) is 0 Å². The van der Waals surface area contributed by atoms with Crippen molar-refractivity contribution >= 4 is 39.5 Å². The van der Waals surface area contributed by atoms with Crippen LogP contribution in [0.4, 0.5) is 0 Å². The van der Waals surface area contributed by atoms with Crippen molar-refractivity contribution in [1.82, 2.24) is 0 Å². The predicted molar refractivity (Wildman–Crippen MR) is 340 cm³/mol. The van der Waals surface area contributed by atoms with Crippen LogP contribution in [0.3, 0.4) is 0 Å². The lowest BCUT2D eigenvalue weighted by Crippen LogP contribution is -2.30. The molecule has 5 atom stereocenters. The third kappa shape index (κ3) is 60.7. The summed E-state index contributed by atoms with van der Waals surface area (Å²) in [5.41, 5.74) is 0. The van der Waals surface area contributed by atoms with Gasteiger partial charge in [0.05, 0.1) is 26.4 Å². The number of ether oxygens (including phenoxy) is 4. The molecule has 0 bridgehead atoms. The molecule has 0 amide bonds. The molecule has 0 radical (unpaired) electrons. The number of aliphatic hydroxyl groups excluding tert-OH is 1. The molecule has 19 heteroatoms. The first-order valence-electron chi connectivity index (χ1n) is 34.6. The third-order valence-electron chi connectivity index (χ3n) is 15.3. The normalized spacial score (nSPS) is 14.2. The molecule has 0 aliphatic rings. The number of aliphatic hydroxyl groups is 1. The van der Waals surface area contributed by atoms with Gasteiger partial charge in [0.15, 0.2) is 12.2 Å². The lowest BCUT2D eigenvalue weighted by Gasteiger charge is -2.21. The zero-order chi connectivity index (χ0) is 62.8. The molecule has 0 aliphatic heterocycles. The van der Waals surface area contributed by atoms with E-state index < -0.39 is 97.5 Å². The minimum absolute atomic E-state index is 0.105. The SMILES string of the molecule is CCCCCCCCCCCCCCC(=O)OC[C@H](COP(=O)(O)OC[C@@H](O)COP(=O)(O)OC[C@@H](COC(=O)CCCCCCCCCCCC)OC(=O)CCCCCCCCCCC(C)C)OC(=O)CCCCCCCCCCCCCC. The van der Waals surface area contributed by atoms with Gasteiger partial charge in [-0.3, -0.25) is 37.3 Å². The van der Waals surface area contributed by atoms with Crippen LogP contribution in [0.2, 0.25) is 0 Å². The Labute approximate surface area is 517 Å². The van der Waals surface area contributed by atoms with Gasteiger partial charge in [0, 0.05) is 25.7 Å². The fourth-order valence-corrected chi connectivity index (χ4v) is 11.5. The zero-order valence-corrected chi connectivity index (χ0v) is 56.5. The van der Waals surface area contributed by atoms with Gasteiger partial charge in [-0.2, -0.15) is 0 Å². The smallest absolute Gasteiger partial charge is 0.462 e. The first-order chi connectivity index (χ1) is 41.0. The van der Waals surface area contributed by atoms with Crippen LogP contribution in [-0.4, -0.2) is 96.7 Å². The van der Waals surface area contributed by atoms with Gasteiger partial charge in [0.2, 0.25) is 0 Å². The second kappa shape index (κ2) is 59.7. The lowest BCUT2D eigenvalue weighted by molar-refractivity contribution is -0.161. The second-order valence-electron chi connectivity index (χ2n) is 24.3. The van der Waals surface area contributed by atoms with Crippen LogP contribution in [0.5, 0.6) is 0 Å². The van der Waals surface area contributed by atoms with Gasteiger partial charge in [0.1, 0.15) is 19.3 Å². The fraction of sp³-hybridized carbons (Fsp3) is 0.939. The number of carbonyl (C=O) groups is 4. The van der Waals surface area contributed by atoms with E-state index in [-0.39, 0.29) is 25.7 Å². The Hall–Kier alpha value is -1.94. The van der Waals surface area contributed by atoms with E-state index in [9.17, 15) is 43.2 Å². The predicted octanol–water partition coefficient (Wildman–Crippen LogP) is 18.6. The second-order valence-corrected chi connectivity index (χ2v) is 27.2. The van der Waals surface area contributed by atoms with Crippen molar-refractivity contribution in [1.29, 1.82) is 0 Å². The molecule has 0 rings (SSSR count). The molecule has 0 heterocycles. The van der Waals surface area contributed by atoms with E-state index in [1.807, 2.05) is 0 Å². The number of phosphoric ester groups is 2. The van der Waals surface area contributed by atoms with E-state index in [0.717, 1.165) is 95.8 Å². The van der Waals surface area contributed by atoms with E-state index in [1.165, 1.54) is 161 Å². The van der Waals surface area contributed by atoms with Crippen LogP contribution in [0.1, 0.15) is 336 Å². The van der Waals surface area contributed by atoms with Gasteiger partial charge in [-0.25, -0.2) is 9.13 Å². The van der Waals surface area contributed by atoms with Crippen molar-refractivity contribution < 1.29 is 80.2 Å². The molecule has 85 heavy (non-hydrogen) atoms. The van der Waals surface area contributed by atoms with Crippen LogP contribution in [0, 0.1) is 5.92 Å². The van der Waals surface area contributed by atoms with Crippen LogP contribution in [0.25, 0.3) is 0 Å². The van der Waals surface area contributed by atoms with E-state index in [0.29, 0.717) is 25.7 Å². The Bertz CT molecular complexity index is 1650. The largest absolute Gasteiger partial charge is 0.472 e. The van der Waals surface area contributed by atoms with Crippen molar-refractivity contribution in [2.24, 2.45) is 5.92 Å². The number of esters is 4. The molecule has 0 fully saturated rings. The average Bonchev–Trinajstić information content (AvgIpc) is 3.55. The van der Waals surface area contributed by atoms with E-state index in [4.69, 9.17) is 37.0 Å². The summed E-state index contributed by atoms with van der Waals surface area (Å²) in [6.45, 7) is 7.17. The van der Waals surface area contributed by atoms with Gasteiger partial charge >= 0.3 is 39.5 Å². The standard InChI is InChI=1S/C66H128O17P2/c1-6-9-12-15-18-21-24-26-29-35-40-45-50-64(69)77-55-61(82-65(70)51-46-41-36-30-27-25-22-19-16-13-10-7-2)57-80-84(72,73)78-53-60(67)54-79-85(74,75)81-58-62(56-76-63(68)49-44-39-34-28-23-20-17-14-11-8-3)83-66(71)52-47-42-37-32-31-33-38-43-48-59(4)5/h59-62,67H,6-58H2,1-5H3,(H,72,73)(H,74,75)/t60-,61-,62-/m1/s1. The molecule has 2 unspecified atom stereocenters. The molecule has 0 aliphatic carbocycles. The molecule has 3 N–H and O–H groups in total. The van der Waals surface area contributed by atoms with Crippen LogP contribution >= 0.6 is 15.6 Å². The summed E-state index contributed by atoms with van der Waals surface area (Å²) in [6, 6.07) is 0. The van der Waals surface area contributed by atoms with E-state index in [1.54, 1.807) is 0 Å². The Morgan fingerprint density at radius 3 is 0.800 bits per heavy atom. The summed E-state index contributed by atoms with van der Waals surface area (Å²) >= 11 is 0. The quantitative estimate of drug-likeness (QED) is 0.0222. The maximum atomic E-state index is 13.0. The number of hydrogen-bond donors (Lipinski definition) is 3. The van der Waals surface area contributed by atoms with Crippen LogP contribution in [0.15, 0.2) is 0 Å². The maximum Gasteiger partial charge on any atom is 0.472 e.